The lowest BCUT2D eigenvalue weighted by Crippen LogP contribution is -2.06. The molecule has 3 aromatic carbocycles. The zero-order valence-electron chi connectivity index (χ0n) is 15.0. The first-order valence-electron chi connectivity index (χ1n) is 9.03. The van der Waals surface area contributed by atoms with Gasteiger partial charge in [0.25, 0.3) is 0 Å². The molecule has 0 heterocycles. The van der Waals surface area contributed by atoms with Crippen molar-refractivity contribution in [3.05, 3.63) is 107 Å². The molecule has 0 spiro atoms. The van der Waals surface area contributed by atoms with Gasteiger partial charge in [-0.15, -0.1) is 0 Å². The van der Waals surface area contributed by atoms with E-state index in [9.17, 15) is 9.59 Å². The van der Waals surface area contributed by atoms with Crippen molar-refractivity contribution in [2.75, 3.05) is 7.11 Å². The second kappa shape index (κ2) is 7.20. The molecular formula is C24H20O3. The summed E-state index contributed by atoms with van der Waals surface area (Å²) in [5.74, 6) is 0.000380. The standard InChI is InChI=1S/C24H20O3/c1-27-24(26)19-14-12-18(13-15-19)23(25)22-20(16-8-4-2-5-9-16)21(22)17-10-6-3-7-11-17/h2-15,20-22H,1H3/t20-,21-/m1/s1. The Morgan fingerprint density at radius 2 is 1.11 bits per heavy atom. The first kappa shape index (κ1) is 17.2. The van der Waals surface area contributed by atoms with Crippen molar-refractivity contribution in [1.29, 1.82) is 0 Å². The number of ketones is 1. The van der Waals surface area contributed by atoms with Gasteiger partial charge >= 0.3 is 5.97 Å². The Hall–Kier alpha value is -3.20. The molecule has 1 fully saturated rings. The molecule has 0 radical (unpaired) electrons. The third-order valence-corrected chi connectivity index (χ3v) is 5.28. The predicted molar refractivity (Wildman–Crippen MR) is 104 cm³/mol. The third kappa shape index (κ3) is 3.28. The zero-order valence-corrected chi connectivity index (χ0v) is 15.0. The molecule has 1 aliphatic rings. The molecule has 0 N–H and O–H groups in total. The Morgan fingerprint density at radius 1 is 0.667 bits per heavy atom. The quantitative estimate of drug-likeness (QED) is 0.485. The molecule has 0 amide bonds. The van der Waals surface area contributed by atoms with Gasteiger partial charge in [0.05, 0.1) is 12.7 Å². The number of Topliss-reactive ketones (excluding diaryl/α,β-unsaturated/α-hetero) is 1. The second-order valence-electron chi connectivity index (χ2n) is 6.83. The molecule has 2 atom stereocenters. The summed E-state index contributed by atoms with van der Waals surface area (Å²) in [4.78, 5) is 24.8. The van der Waals surface area contributed by atoms with Crippen LogP contribution in [0.5, 0.6) is 0 Å². The number of carbonyl (C=O) groups is 2. The van der Waals surface area contributed by atoms with Gasteiger partial charge in [-0.1, -0.05) is 72.8 Å². The Kier molecular flexibility index (Phi) is 4.59. The Balaban J connectivity index is 1.64. The van der Waals surface area contributed by atoms with E-state index in [1.54, 1.807) is 24.3 Å². The number of ether oxygens (including phenoxy) is 1. The molecule has 0 bridgehead atoms. The van der Waals surface area contributed by atoms with E-state index in [0.717, 1.165) is 0 Å². The fourth-order valence-electron chi connectivity index (χ4n) is 3.90. The first-order valence-corrected chi connectivity index (χ1v) is 9.03. The average Bonchev–Trinajstić information content (AvgIpc) is 3.50. The summed E-state index contributed by atoms with van der Waals surface area (Å²) in [6.07, 6.45) is 0. The lowest BCUT2D eigenvalue weighted by atomic mass is 10.0. The minimum absolute atomic E-state index is 0.0845. The van der Waals surface area contributed by atoms with E-state index >= 15 is 0 Å². The molecule has 0 aliphatic heterocycles. The van der Waals surface area contributed by atoms with E-state index in [4.69, 9.17) is 4.74 Å². The highest BCUT2D eigenvalue weighted by Gasteiger charge is 2.55. The minimum atomic E-state index is -0.398. The van der Waals surface area contributed by atoms with Crippen molar-refractivity contribution < 1.29 is 14.3 Å². The van der Waals surface area contributed by atoms with E-state index in [0.29, 0.717) is 11.1 Å². The number of benzene rings is 3. The van der Waals surface area contributed by atoms with Crippen molar-refractivity contribution in [2.45, 2.75) is 11.8 Å². The minimum Gasteiger partial charge on any atom is -0.465 e. The predicted octanol–water partition coefficient (Wildman–Crippen LogP) is 4.85. The summed E-state index contributed by atoms with van der Waals surface area (Å²) in [7, 11) is 1.35. The maximum Gasteiger partial charge on any atom is 0.337 e. The smallest absolute Gasteiger partial charge is 0.337 e. The summed E-state index contributed by atoms with van der Waals surface area (Å²) in [5, 5.41) is 0. The summed E-state index contributed by atoms with van der Waals surface area (Å²) < 4.78 is 4.72. The van der Waals surface area contributed by atoms with E-state index in [-0.39, 0.29) is 23.5 Å². The van der Waals surface area contributed by atoms with Crippen molar-refractivity contribution in [1.82, 2.24) is 0 Å². The van der Waals surface area contributed by atoms with Gasteiger partial charge in [-0.2, -0.15) is 0 Å². The lowest BCUT2D eigenvalue weighted by Gasteiger charge is -2.03. The van der Waals surface area contributed by atoms with Gasteiger partial charge < -0.3 is 4.74 Å². The van der Waals surface area contributed by atoms with E-state index in [2.05, 4.69) is 24.3 Å². The monoisotopic (exact) mass is 356 g/mol. The van der Waals surface area contributed by atoms with Crippen LogP contribution in [0.1, 0.15) is 43.7 Å². The highest BCUT2D eigenvalue weighted by Crippen LogP contribution is 2.61. The number of esters is 1. The lowest BCUT2D eigenvalue weighted by molar-refractivity contribution is 0.0600. The van der Waals surface area contributed by atoms with E-state index in [1.165, 1.54) is 18.2 Å². The Morgan fingerprint density at radius 3 is 1.56 bits per heavy atom. The van der Waals surface area contributed by atoms with Crippen LogP contribution >= 0.6 is 0 Å². The number of hydrogen-bond acceptors (Lipinski definition) is 3. The Bertz CT molecular complexity index is 900. The maximum atomic E-state index is 13.2. The Labute approximate surface area is 158 Å². The van der Waals surface area contributed by atoms with Crippen LogP contribution in [0.25, 0.3) is 0 Å². The molecule has 3 heteroatoms. The number of methoxy groups -OCH3 is 1. The van der Waals surface area contributed by atoms with Crippen LogP contribution in [0.15, 0.2) is 84.9 Å². The molecular weight excluding hydrogens is 336 g/mol. The third-order valence-electron chi connectivity index (χ3n) is 5.28. The summed E-state index contributed by atoms with van der Waals surface area (Å²) in [6.45, 7) is 0. The average molecular weight is 356 g/mol. The van der Waals surface area contributed by atoms with Gasteiger partial charge in [0.2, 0.25) is 0 Å². The summed E-state index contributed by atoms with van der Waals surface area (Å²) in [5.41, 5.74) is 3.46. The van der Waals surface area contributed by atoms with E-state index in [1.807, 2.05) is 36.4 Å². The van der Waals surface area contributed by atoms with Gasteiger partial charge in [0.15, 0.2) is 5.78 Å². The molecule has 1 aliphatic carbocycles. The van der Waals surface area contributed by atoms with E-state index < -0.39 is 5.97 Å². The van der Waals surface area contributed by atoms with Crippen molar-refractivity contribution >= 4 is 11.8 Å². The van der Waals surface area contributed by atoms with Gasteiger partial charge in [-0.25, -0.2) is 4.79 Å². The normalized spacial score (nSPS) is 20.7. The van der Waals surface area contributed by atoms with Crippen LogP contribution < -0.4 is 0 Å². The SMILES string of the molecule is COC(=O)c1ccc(C(=O)C2[C@H](c3ccccc3)[C@H]2c2ccccc2)cc1. The fraction of sp³-hybridized carbons (Fsp3) is 0.167. The largest absolute Gasteiger partial charge is 0.465 e. The molecule has 1 saturated carbocycles. The molecule has 0 unspecified atom stereocenters. The fourth-order valence-corrected chi connectivity index (χ4v) is 3.90. The molecule has 0 saturated heterocycles. The van der Waals surface area contributed by atoms with Gasteiger partial charge in [-0.05, 0) is 23.3 Å². The molecule has 27 heavy (non-hydrogen) atoms. The molecule has 3 aromatic rings. The first-order chi connectivity index (χ1) is 13.2. The van der Waals surface area contributed by atoms with Crippen LogP contribution in [0, 0.1) is 5.92 Å². The van der Waals surface area contributed by atoms with Crippen LogP contribution in [-0.2, 0) is 4.74 Å². The van der Waals surface area contributed by atoms with Crippen LogP contribution in [-0.4, -0.2) is 18.9 Å². The molecule has 134 valence electrons. The summed E-state index contributed by atoms with van der Waals surface area (Å²) >= 11 is 0. The van der Waals surface area contributed by atoms with Crippen LogP contribution in [0.2, 0.25) is 0 Å². The van der Waals surface area contributed by atoms with Gasteiger partial charge in [0, 0.05) is 23.3 Å². The number of hydrogen-bond donors (Lipinski definition) is 0. The van der Waals surface area contributed by atoms with Crippen molar-refractivity contribution in [2.24, 2.45) is 5.92 Å². The second-order valence-corrected chi connectivity index (χ2v) is 6.83. The zero-order chi connectivity index (χ0) is 18.8. The summed E-state index contributed by atoms with van der Waals surface area (Å²) in [6, 6.07) is 27.2. The highest BCUT2D eigenvalue weighted by atomic mass is 16.5. The van der Waals surface area contributed by atoms with Gasteiger partial charge in [-0.3, -0.25) is 4.79 Å². The number of rotatable bonds is 5. The highest BCUT2D eigenvalue weighted by molar-refractivity contribution is 6.02. The molecule has 0 aromatic heterocycles. The van der Waals surface area contributed by atoms with Crippen molar-refractivity contribution in [3.8, 4) is 0 Å². The topological polar surface area (TPSA) is 43.4 Å². The van der Waals surface area contributed by atoms with Gasteiger partial charge in [0.1, 0.15) is 0 Å². The van der Waals surface area contributed by atoms with Crippen LogP contribution in [0.3, 0.4) is 0 Å². The molecule has 3 nitrogen and oxygen atoms in total. The number of carbonyl (C=O) groups excluding carboxylic acids is 2. The van der Waals surface area contributed by atoms with Crippen LogP contribution in [0.4, 0.5) is 0 Å². The molecule has 4 rings (SSSR count). The maximum absolute atomic E-state index is 13.2. The van der Waals surface area contributed by atoms with Crippen molar-refractivity contribution in [3.63, 3.8) is 0 Å².